The van der Waals surface area contributed by atoms with Gasteiger partial charge in [0.05, 0.1) is 13.0 Å². The van der Waals surface area contributed by atoms with Gasteiger partial charge in [0.2, 0.25) is 0 Å². The monoisotopic (exact) mass is 266 g/mol. The van der Waals surface area contributed by atoms with Gasteiger partial charge in [-0.3, -0.25) is 9.59 Å². The van der Waals surface area contributed by atoms with Gasteiger partial charge in [0.1, 0.15) is 0 Å². The average molecular weight is 266 g/mol. The summed E-state index contributed by atoms with van der Waals surface area (Å²) in [6.07, 6.45) is 0.647. The molecule has 0 radical (unpaired) electrons. The lowest BCUT2D eigenvalue weighted by atomic mass is 10.1. The normalized spacial score (nSPS) is 9.47. The molecule has 0 amide bonds. The molecule has 1 aromatic carbocycles. The minimum atomic E-state index is -0.713. The molecule has 4 nitrogen and oxygen atoms in total. The molecule has 0 heterocycles. The van der Waals surface area contributed by atoms with Crippen molar-refractivity contribution in [3.05, 3.63) is 35.9 Å². The van der Waals surface area contributed by atoms with E-state index in [2.05, 4.69) is 0 Å². The highest BCUT2D eigenvalue weighted by Crippen LogP contribution is 2.00. The topological polar surface area (TPSA) is 63.6 Å². The molecule has 1 N–H and O–H groups in total. The fraction of sp³-hybridized carbons (Fsp3) is 0.467. The van der Waals surface area contributed by atoms with Gasteiger partial charge in [0, 0.05) is 6.42 Å². The van der Waals surface area contributed by atoms with Crippen LogP contribution in [0.3, 0.4) is 0 Å². The van der Waals surface area contributed by atoms with E-state index in [4.69, 9.17) is 9.84 Å². The summed E-state index contributed by atoms with van der Waals surface area (Å²) in [6, 6.07) is 9.58. The zero-order valence-electron chi connectivity index (χ0n) is 11.8. The molecule has 0 saturated heterocycles. The number of carboxylic acids is 1. The molecule has 0 aliphatic heterocycles. The van der Waals surface area contributed by atoms with Crippen molar-refractivity contribution in [1.82, 2.24) is 0 Å². The van der Waals surface area contributed by atoms with E-state index < -0.39 is 5.97 Å². The molecular formula is C15H22O4. The number of rotatable bonds is 5. The standard InChI is InChI=1S/C10H12O2.C5H10O2/c1-2-12-10(11)8-9-6-4-3-5-7-9;1-4(2)3-5(6)7/h3-7H,2,8H2,1H3;4H,3H2,1-2H3,(H,6,7). The smallest absolute Gasteiger partial charge is 0.310 e. The first-order chi connectivity index (χ1) is 8.95. The van der Waals surface area contributed by atoms with Crippen molar-refractivity contribution >= 4 is 11.9 Å². The minimum absolute atomic E-state index is 0.163. The molecule has 106 valence electrons. The SMILES string of the molecule is CC(C)CC(=O)O.CCOC(=O)Cc1ccccc1. The van der Waals surface area contributed by atoms with Crippen molar-refractivity contribution in [2.24, 2.45) is 5.92 Å². The maximum absolute atomic E-state index is 11.0. The second kappa shape index (κ2) is 10.1. The Morgan fingerprint density at radius 2 is 1.79 bits per heavy atom. The maximum atomic E-state index is 11.0. The van der Waals surface area contributed by atoms with E-state index >= 15 is 0 Å². The van der Waals surface area contributed by atoms with E-state index in [1.54, 1.807) is 0 Å². The van der Waals surface area contributed by atoms with E-state index in [0.717, 1.165) is 5.56 Å². The number of esters is 1. The Balaban J connectivity index is 0.000000399. The number of benzene rings is 1. The van der Waals surface area contributed by atoms with Crippen LogP contribution < -0.4 is 0 Å². The highest BCUT2D eigenvalue weighted by molar-refractivity contribution is 5.72. The van der Waals surface area contributed by atoms with Crippen molar-refractivity contribution in [2.45, 2.75) is 33.6 Å². The summed E-state index contributed by atoms with van der Waals surface area (Å²) < 4.78 is 4.81. The molecule has 0 aliphatic carbocycles. The van der Waals surface area contributed by atoms with Gasteiger partial charge in [-0.25, -0.2) is 0 Å². The van der Waals surface area contributed by atoms with Crippen LogP contribution in [0.15, 0.2) is 30.3 Å². The Bertz CT molecular complexity index is 371. The van der Waals surface area contributed by atoms with E-state index in [9.17, 15) is 9.59 Å². The Kier molecular flexibility index (Phi) is 9.14. The first-order valence-corrected chi connectivity index (χ1v) is 6.37. The molecule has 1 rings (SSSR count). The number of aliphatic carboxylic acids is 1. The van der Waals surface area contributed by atoms with E-state index in [1.165, 1.54) is 0 Å². The Labute approximate surface area is 114 Å². The summed E-state index contributed by atoms with van der Waals surface area (Å²) in [7, 11) is 0. The largest absolute Gasteiger partial charge is 0.481 e. The molecule has 0 bridgehead atoms. The van der Waals surface area contributed by atoms with Crippen molar-refractivity contribution < 1.29 is 19.4 Å². The average Bonchev–Trinajstić information content (AvgIpc) is 2.29. The minimum Gasteiger partial charge on any atom is -0.481 e. The third-order valence-electron chi connectivity index (χ3n) is 2.08. The lowest BCUT2D eigenvalue weighted by Gasteiger charge is -2.00. The van der Waals surface area contributed by atoms with E-state index in [-0.39, 0.29) is 18.3 Å². The molecule has 1 aromatic rings. The predicted molar refractivity (Wildman–Crippen MR) is 73.9 cm³/mol. The van der Waals surface area contributed by atoms with Crippen LogP contribution in [0.5, 0.6) is 0 Å². The van der Waals surface area contributed by atoms with Crippen molar-refractivity contribution in [3.8, 4) is 0 Å². The van der Waals surface area contributed by atoms with Crippen molar-refractivity contribution in [3.63, 3.8) is 0 Å². The Morgan fingerprint density at radius 1 is 1.21 bits per heavy atom. The van der Waals surface area contributed by atoms with Crippen LogP contribution in [0.1, 0.15) is 32.8 Å². The van der Waals surface area contributed by atoms with Crippen LogP contribution in [-0.2, 0) is 20.7 Å². The molecule has 0 unspecified atom stereocenters. The third-order valence-corrected chi connectivity index (χ3v) is 2.08. The van der Waals surface area contributed by atoms with Gasteiger partial charge in [-0.1, -0.05) is 44.2 Å². The number of carbonyl (C=O) groups is 2. The maximum Gasteiger partial charge on any atom is 0.310 e. The molecular weight excluding hydrogens is 244 g/mol. The van der Waals surface area contributed by atoms with Gasteiger partial charge in [-0.2, -0.15) is 0 Å². The summed E-state index contributed by atoms with van der Waals surface area (Å²) in [5.74, 6) is -0.601. The Morgan fingerprint density at radius 3 is 2.16 bits per heavy atom. The van der Waals surface area contributed by atoms with Crippen LogP contribution in [0.25, 0.3) is 0 Å². The zero-order valence-corrected chi connectivity index (χ0v) is 11.8. The number of carbonyl (C=O) groups excluding carboxylic acids is 1. The van der Waals surface area contributed by atoms with Gasteiger partial charge < -0.3 is 9.84 Å². The summed E-state index contributed by atoms with van der Waals surface area (Å²) in [5.41, 5.74) is 0.996. The van der Waals surface area contributed by atoms with Gasteiger partial charge in [-0.15, -0.1) is 0 Å². The summed E-state index contributed by atoms with van der Waals surface area (Å²) >= 11 is 0. The van der Waals surface area contributed by atoms with Gasteiger partial charge in [-0.05, 0) is 18.4 Å². The molecule has 0 aliphatic rings. The lowest BCUT2D eigenvalue weighted by Crippen LogP contribution is -2.06. The molecule has 0 aromatic heterocycles. The lowest BCUT2D eigenvalue weighted by molar-refractivity contribution is -0.142. The molecule has 0 fully saturated rings. The molecule has 19 heavy (non-hydrogen) atoms. The molecule has 0 saturated carbocycles. The number of carboxylic acid groups (broad SMARTS) is 1. The van der Waals surface area contributed by atoms with Crippen LogP contribution >= 0.6 is 0 Å². The fourth-order valence-corrected chi connectivity index (χ4v) is 1.32. The quantitative estimate of drug-likeness (QED) is 0.832. The van der Waals surface area contributed by atoms with E-state index in [1.807, 2.05) is 51.1 Å². The highest BCUT2D eigenvalue weighted by atomic mass is 16.5. The van der Waals surface area contributed by atoms with Gasteiger partial charge in [0.25, 0.3) is 0 Å². The molecule has 4 heteroatoms. The van der Waals surface area contributed by atoms with Crippen LogP contribution in [-0.4, -0.2) is 23.7 Å². The summed E-state index contributed by atoms with van der Waals surface area (Å²) in [5, 5.41) is 8.08. The van der Waals surface area contributed by atoms with Crippen LogP contribution in [0, 0.1) is 5.92 Å². The second-order valence-electron chi connectivity index (χ2n) is 4.46. The third kappa shape index (κ3) is 11.0. The first kappa shape index (κ1) is 17.2. The van der Waals surface area contributed by atoms with E-state index in [0.29, 0.717) is 13.0 Å². The first-order valence-electron chi connectivity index (χ1n) is 6.37. The molecule has 0 atom stereocenters. The van der Waals surface area contributed by atoms with Gasteiger partial charge in [0.15, 0.2) is 0 Å². The highest BCUT2D eigenvalue weighted by Gasteiger charge is 2.01. The van der Waals surface area contributed by atoms with Crippen molar-refractivity contribution in [2.75, 3.05) is 6.61 Å². The number of hydrogen-bond donors (Lipinski definition) is 1. The number of ether oxygens (including phenoxy) is 1. The summed E-state index contributed by atoms with van der Waals surface area (Å²) in [6.45, 7) is 6.02. The van der Waals surface area contributed by atoms with Crippen LogP contribution in [0.2, 0.25) is 0 Å². The second-order valence-corrected chi connectivity index (χ2v) is 4.46. The summed E-state index contributed by atoms with van der Waals surface area (Å²) in [4.78, 5) is 20.8. The Hall–Kier alpha value is -1.84. The number of hydrogen-bond acceptors (Lipinski definition) is 3. The van der Waals surface area contributed by atoms with Gasteiger partial charge >= 0.3 is 11.9 Å². The zero-order chi connectivity index (χ0) is 14.7. The van der Waals surface area contributed by atoms with Crippen molar-refractivity contribution in [1.29, 1.82) is 0 Å². The van der Waals surface area contributed by atoms with Crippen LogP contribution in [0.4, 0.5) is 0 Å². The fourth-order valence-electron chi connectivity index (χ4n) is 1.32. The molecule has 0 spiro atoms. The predicted octanol–water partition coefficient (Wildman–Crippen LogP) is 2.91.